The number of hydrogen-bond donors (Lipinski definition) is 2. The summed E-state index contributed by atoms with van der Waals surface area (Å²) in [5.41, 5.74) is 7.52. The highest BCUT2D eigenvalue weighted by Crippen LogP contribution is 2.30. The van der Waals surface area contributed by atoms with Gasteiger partial charge in [-0.1, -0.05) is 37.3 Å². The number of hydrogen-bond acceptors (Lipinski definition) is 5. The van der Waals surface area contributed by atoms with E-state index >= 15 is 0 Å². The highest BCUT2D eigenvalue weighted by molar-refractivity contribution is 5.98. The number of carbonyl (C=O) groups is 2. The molecule has 2 amide bonds. The number of nitrogens with two attached hydrogens (primary N) is 1. The topological polar surface area (TPSA) is 102 Å². The fourth-order valence-corrected chi connectivity index (χ4v) is 4.19. The molecule has 8 nitrogen and oxygen atoms in total. The lowest BCUT2D eigenvalue weighted by molar-refractivity contribution is 0.0727. The molecule has 0 saturated carbocycles. The standard InChI is InChI=1S/C25H28FN5O3/c1-17-15-30(25(33)34-14-12-18-5-3-2-4-6-18)13-11-22(17)31-16-21(23(27)32)24(29-31)28-20-9-7-19(26)8-10-20/h2-10,16-17,22H,11-15H2,1H3,(H2,27,32)(H,28,29)/t17-,22+/m1/s1. The van der Waals surface area contributed by atoms with Gasteiger partial charge in [0.15, 0.2) is 5.82 Å². The molecule has 2 atom stereocenters. The highest BCUT2D eigenvalue weighted by atomic mass is 19.1. The van der Waals surface area contributed by atoms with Crippen LogP contribution in [0.2, 0.25) is 0 Å². The van der Waals surface area contributed by atoms with Crippen molar-refractivity contribution in [2.45, 2.75) is 25.8 Å². The number of anilines is 2. The van der Waals surface area contributed by atoms with Crippen LogP contribution in [0.25, 0.3) is 0 Å². The molecule has 1 fully saturated rings. The van der Waals surface area contributed by atoms with E-state index in [1.54, 1.807) is 27.9 Å². The van der Waals surface area contributed by atoms with Crippen molar-refractivity contribution < 1.29 is 18.7 Å². The number of likely N-dealkylation sites (tertiary alicyclic amines) is 1. The zero-order chi connectivity index (χ0) is 24.1. The van der Waals surface area contributed by atoms with Gasteiger partial charge in [-0.3, -0.25) is 9.48 Å². The Bertz CT molecular complexity index is 1130. The number of ether oxygens (including phenoxy) is 1. The number of benzene rings is 2. The predicted octanol–water partition coefficient (Wildman–Crippen LogP) is 4.13. The first-order valence-electron chi connectivity index (χ1n) is 11.3. The van der Waals surface area contributed by atoms with Crippen LogP contribution >= 0.6 is 0 Å². The quantitative estimate of drug-likeness (QED) is 0.546. The summed E-state index contributed by atoms with van der Waals surface area (Å²) in [5, 5.41) is 7.59. The van der Waals surface area contributed by atoms with E-state index in [1.807, 2.05) is 37.3 Å². The fraction of sp³-hybridized carbons (Fsp3) is 0.320. The van der Waals surface area contributed by atoms with Gasteiger partial charge >= 0.3 is 6.09 Å². The van der Waals surface area contributed by atoms with Crippen molar-refractivity contribution in [1.82, 2.24) is 14.7 Å². The van der Waals surface area contributed by atoms with Gasteiger partial charge in [0.2, 0.25) is 0 Å². The second-order valence-electron chi connectivity index (χ2n) is 8.50. The largest absolute Gasteiger partial charge is 0.449 e. The van der Waals surface area contributed by atoms with Crippen LogP contribution in [0.15, 0.2) is 60.8 Å². The van der Waals surface area contributed by atoms with Crippen LogP contribution in [0, 0.1) is 11.7 Å². The smallest absolute Gasteiger partial charge is 0.409 e. The summed E-state index contributed by atoms with van der Waals surface area (Å²) in [6.07, 6.45) is 2.64. The molecule has 1 aromatic heterocycles. The minimum atomic E-state index is -0.608. The maximum absolute atomic E-state index is 13.2. The molecule has 178 valence electrons. The Hall–Kier alpha value is -3.88. The van der Waals surface area contributed by atoms with Crippen LogP contribution in [-0.4, -0.2) is 46.4 Å². The molecular weight excluding hydrogens is 437 g/mol. The van der Waals surface area contributed by atoms with E-state index in [4.69, 9.17) is 10.5 Å². The summed E-state index contributed by atoms with van der Waals surface area (Å²) in [6.45, 7) is 3.40. The number of nitrogens with zero attached hydrogens (tertiary/aromatic N) is 3. The molecule has 3 N–H and O–H groups in total. The Morgan fingerprint density at radius 3 is 2.59 bits per heavy atom. The number of nitrogens with one attached hydrogen (secondary N) is 1. The molecule has 3 aromatic rings. The zero-order valence-electron chi connectivity index (χ0n) is 19.0. The van der Waals surface area contributed by atoms with Crippen molar-refractivity contribution in [3.63, 3.8) is 0 Å². The van der Waals surface area contributed by atoms with Gasteiger partial charge in [-0.15, -0.1) is 0 Å². The van der Waals surface area contributed by atoms with Crippen molar-refractivity contribution in [2.75, 3.05) is 25.0 Å². The van der Waals surface area contributed by atoms with Gasteiger partial charge in [0.25, 0.3) is 5.91 Å². The summed E-state index contributed by atoms with van der Waals surface area (Å²) in [4.78, 5) is 26.2. The van der Waals surface area contributed by atoms with Gasteiger partial charge < -0.3 is 20.7 Å². The van der Waals surface area contributed by atoms with Gasteiger partial charge in [0, 0.05) is 31.4 Å². The maximum atomic E-state index is 13.2. The normalized spacial score (nSPS) is 17.9. The Balaban J connectivity index is 1.37. The van der Waals surface area contributed by atoms with Crippen molar-refractivity contribution in [1.29, 1.82) is 0 Å². The predicted molar refractivity (Wildman–Crippen MR) is 126 cm³/mol. The second kappa shape index (κ2) is 10.4. The molecule has 0 aliphatic carbocycles. The highest BCUT2D eigenvalue weighted by Gasteiger charge is 2.32. The summed E-state index contributed by atoms with van der Waals surface area (Å²) >= 11 is 0. The third-order valence-corrected chi connectivity index (χ3v) is 6.02. The molecule has 0 unspecified atom stereocenters. The van der Waals surface area contributed by atoms with Gasteiger partial charge in [0.05, 0.1) is 12.6 Å². The zero-order valence-corrected chi connectivity index (χ0v) is 19.0. The second-order valence-corrected chi connectivity index (χ2v) is 8.50. The molecule has 0 bridgehead atoms. The lowest BCUT2D eigenvalue weighted by Crippen LogP contribution is -2.44. The molecular formula is C25H28FN5O3. The Morgan fingerprint density at radius 2 is 1.91 bits per heavy atom. The number of aromatic nitrogens is 2. The molecule has 0 spiro atoms. The molecule has 2 heterocycles. The van der Waals surface area contributed by atoms with Crippen LogP contribution in [0.5, 0.6) is 0 Å². The van der Waals surface area contributed by atoms with E-state index in [0.29, 0.717) is 44.0 Å². The SMILES string of the molecule is C[C@@H]1CN(C(=O)OCCc2ccccc2)CC[C@@H]1n1cc(C(N)=O)c(Nc2ccc(F)cc2)n1. The van der Waals surface area contributed by atoms with E-state index in [0.717, 1.165) is 5.56 Å². The number of rotatable bonds is 7. The van der Waals surface area contributed by atoms with Gasteiger partial charge in [-0.2, -0.15) is 5.10 Å². The van der Waals surface area contributed by atoms with Crippen LogP contribution in [-0.2, 0) is 11.2 Å². The van der Waals surface area contributed by atoms with Crippen molar-refractivity contribution in [2.24, 2.45) is 11.7 Å². The summed E-state index contributed by atoms with van der Waals surface area (Å²) in [5.74, 6) is -0.572. The molecule has 1 aliphatic rings. The fourth-order valence-electron chi connectivity index (χ4n) is 4.19. The number of carbonyl (C=O) groups excluding carboxylic acids is 2. The minimum Gasteiger partial charge on any atom is -0.449 e. The van der Waals surface area contributed by atoms with E-state index in [1.165, 1.54) is 12.1 Å². The maximum Gasteiger partial charge on any atom is 0.409 e. The molecule has 1 saturated heterocycles. The third kappa shape index (κ3) is 5.54. The molecule has 34 heavy (non-hydrogen) atoms. The van der Waals surface area contributed by atoms with E-state index < -0.39 is 5.91 Å². The number of halogens is 1. The molecule has 0 radical (unpaired) electrons. The molecule has 4 rings (SSSR count). The van der Waals surface area contributed by atoms with Crippen LogP contribution in [0.1, 0.15) is 35.3 Å². The van der Waals surface area contributed by atoms with Crippen molar-refractivity contribution in [3.8, 4) is 0 Å². The van der Waals surface area contributed by atoms with Crippen LogP contribution in [0.3, 0.4) is 0 Å². The van der Waals surface area contributed by atoms with E-state index in [2.05, 4.69) is 10.4 Å². The average Bonchev–Trinajstić information content (AvgIpc) is 3.25. The summed E-state index contributed by atoms with van der Waals surface area (Å²) in [7, 11) is 0. The van der Waals surface area contributed by atoms with E-state index in [-0.39, 0.29) is 29.4 Å². The number of piperidine rings is 1. The van der Waals surface area contributed by atoms with Gasteiger partial charge in [-0.25, -0.2) is 9.18 Å². The average molecular weight is 466 g/mol. The van der Waals surface area contributed by atoms with Gasteiger partial charge in [0.1, 0.15) is 11.4 Å². The Labute approximate surface area is 197 Å². The van der Waals surface area contributed by atoms with Crippen molar-refractivity contribution in [3.05, 3.63) is 77.7 Å². The van der Waals surface area contributed by atoms with Crippen LogP contribution in [0.4, 0.5) is 20.7 Å². The summed E-state index contributed by atoms with van der Waals surface area (Å²) in [6, 6.07) is 15.6. The first kappa shape index (κ1) is 23.3. The number of amides is 2. The van der Waals surface area contributed by atoms with Crippen LogP contribution < -0.4 is 11.1 Å². The van der Waals surface area contributed by atoms with Crippen molar-refractivity contribution >= 4 is 23.5 Å². The van der Waals surface area contributed by atoms with Gasteiger partial charge in [-0.05, 0) is 42.2 Å². The lowest BCUT2D eigenvalue weighted by Gasteiger charge is -2.36. The van der Waals surface area contributed by atoms with E-state index in [9.17, 15) is 14.0 Å². The molecule has 1 aliphatic heterocycles. The Morgan fingerprint density at radius 1 is 1.18 bits per heavy atom. The minimum absolute atomic E-state index is 0.0183. The Kier molecular flexibility index (Phi) is 7.10. The molecule has 9 heteroatoms. The monoisotopic (exact) mass is 465 g/mol. The molecule has 2 aromatic carbocycles. The summed E-state index contributed by atoms with van der Waals surface area (Å²) < 4.78 is 20.4. The first-order chi connectivity index (χ1) is 16.4. The third-order valence-electron chi connectivity index (χ3n) is 6.02. The number of primary amides is 1. The lowest BCUT2D eigenvalue weighted by atomic mass is 9.94. The first-order valence-corrected chi connectivity index (χ1v) is 11.3.